The number of nitrogens with zero attached hydrogens (tertiary/aromatic N) is 5. The highest BCUT2D eigenvalue weighted by Crippen LogP contribution is 2.56. The lowest BCUT2D eigenvalue weighted by Crippen LogP contribution is -2.49. The first-order valence-electron chi connectivity index (χ1n) is 24.8. The molecule has 0 bridgehead atoms. The normalized spacial score (nSPS) is 22.9. The van der Waals surface area contributed by atoms with Crippen LogP contribution in [0.15, 0.2) is 66.7 Å². The Balaban J connectivity index is 0.752. The number of amides is 5. The number of urea groups is 1. The fraction of sp³-hybridized carbons (Fsp3) is 0.426. The Morgan fingerprint density at radius 3 is 2.36 bits per heavy atom. The van der Waals surface area contributed by atoms with Gasteiger partial charge in [0, 0.05) is 111 Å². The Labute approximate surface area is 420 Å². The third kappa shape index (κ3) is 8.86. The number of rotatable bonds is 12. The molecule has 4 aliphatic heterocycles. The van der Waals surface area contributed by atoms with Gasteiger partial charge in [0.2, 0.25) is 17.7 Å². The first kappa shape index (κ1) is 49.2. The summed E-state index contributed by atoms with van der Waals surface area (Å²) in [6.45, 7) is 6.17. The summed E-state index contributed by atoms with van der Waals surface area (Å²) >= 11 is 6.70. The molecule has 5 amide bonds. The van der Waals surface area contributed by atoms with Crippen LogP contribution < -0.4 is 30.7 Å². The van der Waals surface area contributed by atoms with E-state index in [2.05, 4.69) is 26.7 Å². The minimum Gasteiger partial charge on any atom is -0.494 e. The van der Waals surface area contributed by atoms with Gasteiger partial charge in [0.05, 0.1) is 23.2 Å². The molecule has 2 saturated heterocycles. The van der Waals surface area contributed by atoms with E-state index < -0.39 is 35.1 Å². The number of carbonyl (C=O) groups is 4. The number of nitrogens with two attached hydrogens (primary N) is 1. The highest BCUT2D eigenvalue weighted by molar-refractivity contribution is 6.34. The molecule has 5 aromatic rings. The van der Waals surface area contributed by atoms with E-state index in [1.54, 1.807) is 17.8 Å². The number of aromatic nitrogens is 2. The average Bonchev–Trinajstić information content (AvgIpc) is 3.86. The summed E-state index contributed by atoms with van der Waals surface area (Å²) in [5, 5.41) is 11.0. The van der Waals surface area contributed by atoms with Crippen molar-refractivity contribution in [3.63, 3.8) is 0 Å². The van der Waals surface area contributed by atoms with Crippen molar-refractivity contribution in [3.8, 4) is 22.6 Å². The van der Waals surface area contributed by atoms with E-state index in [4.69, 9.17) is 26.8 Å². The number of likely N-dealkylation sites (tertiary alicyclic amines) is 1. The molecule has 4 aromatic carbocycles. The molecule has 1 aliphatic carbocycles. The monoisotopic (exact) mass is 1010 g/mol. The summed E-state index contributed by atoms with van der Waals surface area (Å²) in [4.78, 5) is 57.0. The van der Waals surface area contributed by atoms with Gasteiger partial charge in [0.1, 0.15) is 17.4 Å². The molecule has 10 rings (SSSR count). The second kappa shape index (κ2) is 19.9. The number of hydrogen-bond acceptors (Lipinski definition) is 9. The lowest BCUT2D eigenvalue weighted by Gasteiger charge is -2.39. The van der Waals surface area contributed by atoms with Crippen molar-refractivity contribution < 1.29 is 41.8 Å². The quantitative estimate of drug-likeness (QED) is 0.111. The van der Waals surface area contributed by atoms with E-state index in [0.29, 0.717) is 66.4 Å². The molecule has 1 aromatic heterocycles. The second-order valence-electron chi connectivity index (χ2n) is 19.9. The zero-order valence-corrected chi connectivity index (χ0v) is 41.3. The van der Waals surface area contributed by atoms with Crippen molar-refractivity contribution in [2.75, 3.05) is 57.8 Å². The number of benzene rings is 4. The molecule has 4 N–H and O–H groups in total. The lowest BCUT2D eigenvalue weighted by molar-refractivity contribution is -0.138. The van der Waals surface area contributed by atoms with Gasteiger partial charge in [-0.15, -0.1) is 0 Å². The largest absolute Gasteiger partial charge is 0.494 e. The van der Waals surface area contributed by atoms with Crippen molar-refractivity contribution in [2.45, 2.75) is 75.9 Å². The topological polar surface area (TPSA) is 164 Å². The zero-order chi connectivity index (χ0) is 50.6. The van der Waals surface area contributed by atoms with E-state index in [9.17, 15) is 19.2 Å². The Morgan fingerprint density at radius 1 is 0.931 bits per heavy atom. The summed E-state index contributed by atoms with van der Waals surface area (Å²) < 4.78 is 61.3. The van der Waals surface area contributed by atoms with Crippen molar-refractivity contribution in [1.82, 2.24) is 30.2 Å². The maximum atomic E-state index is 16.2. The van der Waals surface area contributed by atoms with Crippen LogP contribution in [-0.2, 0) is 22.2 Å². The van der Waals surface area contributed by atoms with Crippen molar-refractivity contribution in [1.29, 1.82) is 0 Å². The molecular formula is C54H58ClF3N8O6. The number of carbonyl (C=O) groups excluding carboxylic acids is 4. The van der Waals surface area contributed by atoms with Crippen LogP contribution in [0.4, 0.5) is 23.8 Å². The minimum absolute atomic E-state index is 0.0133. The molecule has 1 saturated carbocycles. The summed E-state index contributed by atoms with van der Waals surface area (Å²) in [5.74, 6) is -2.88. The smallest absolute Gasteiger partial charge is 0.329 e. The number of fused-ring (bicyclic) bond motifs is 2. The van der Waals surface area contributed by atoms with Crippen LogP contribution in [0.2, 0.25) is 5.02 Å². The van der Waals surface area contributed by atoms with Crippen LogP contribution in [0.25, 0.3) is 27.6 Å². The van der Waals surface area contributed by atoms with Crippen LogP contribution in [0.5, 0.6) is 11.5 Å². The summed E-state index contributed by atoms with van der Waals surface area (Å²) in [7, 11) is 3.04. The molecule has 378 valence electrons. The van der Waals surface area contributed by atoms with Crippen molar-refractivity contribution in [2.24, 2.45) is 24.6 Å². The maximum absolute atomic E-state index is 16.2. The molecule has 3 fully saturated rings. The third-order valence-corrected chi connectivity index (χ3v) is 16.2. The minimum atomic E-state index is -1.09. The molecule has 5 heterocycles. The first-order valence-corrected chi connectivity index (χ1v) is 25.2. The molecular weight excluding hydrogens is 949 g/mol. The highest BCUT2D eigenvalue weighted by atomic mass is 35.5. The number of aryl methyl sites for hydroxylation is 1. The Hall–Kier alpha value is -6.43. The second-order valence-corrected chi connectivity index (χ2v) is 20.2. The van der Waals surface area contributed by atoms with Gasteiger partial charge in [0.15, 0.2) is 23.0 Å². The van der Waals surface area contributed by atoms with E-state index in [-0.39, 0.29) is 75.8 Å². The number of piperidine rings is 1. The summed E-state index contributed by atoms with van der Waals surface area (Å²) in [5.41, 5.74) is 7.47. The highest BCUT2D eigenvalue weighted by Gasteiger charge is 2.50. The predicted molar refractivity (Wildman–Crippen MR) is 267 cm³/mol. The number of hydrogen-bond donors (Lipinski definition) is 3. The molecule has 14 nitrogen and oxygen atoms in total. The van der Waals surface area contributed by atoms with Crippen LogP contribution >= 0.6 is 11.6 Å². The van der Waals surface area contributed by atoms with E-state index in [1.165, 1.54) is 36.3 Å². The molecule has 18 heteroatoms. The summed E-state index contributed by atoms with van der Waals surface area (Å²) in [6.07, 6.45) is 7.71. The molecule has 5 aliphatic rings. The van der Waals surface area contributed by atoms with E-state index >= 15 is 13.2 Å². The standard InChI is InChI=1S/C54H58ClF3N8O6/c1-30-43-41(27-39(57)47(55)46(43)45-36(50(59)68)14-16-40(71-3)48(45)58)72-54(30,34-7-5-4-6-8-34)29-60-35-11-9-33(10-12-35)52(69)65-24-17-31(18-25-65)28-64-22-19-32(20-23-64)44-38(56)15-13-37-49(44)63(2)62-51(37)66-26-21-42(67)61-53(66)70/h4-8,13-16,19,27,30-31,33,35,60H,9-12,17-18,20-26,28-29H2,1-3H3,(H2,59,68)(H,61,67,70). The molecule has 2 unspecified atom stereocenters. The van der Waals surface area contributed by atoms with Crippen LogP contribution in [0.3, 0.4) is 0 Å². The van der Waals surface area contributed by atoms with Crippen LogP contribution in [0.1, 0.15) is 91.3 Å². The van der Waals surface area contributed by atoms with Crippen molar-refractivity contribution in [3.05, 3.63) is 111 Å². The number of methoxy groups -OCH3 is 1. The summed E-state index contributed by atoms with van der Waals surface area (Å²) in [6, 6.07) is 16.0. The Bertz CT molecular complexity index is 3010. The van der Waals surface area contributed by atoms with Gasteiger partial charge in [0.25, 0.3) is 0 Å². The molecule has 72 heavy (non-hydrogen) atoms. The van der Waals surface area contributed by atoms with Crippen LogP contribution in [-0.4, -0.2) is 102 Å². The van der Waals surface area contributed by atoms with Gasteiger partial charge in [-0.1, -0.05) is 54.9 Å². The molecule has 0 radical (unpaired) electrons. The van der Waals surface area contributed by atoms with Crippen molar-refractivity contribution >= 4 is 57.6 Å². The number of ether oxygens (including phenoxy) is 2. The Morgan fingerprint density at radius 2 is 1.68 bits per heavy atom. The van der Waals surface area contributed by atoms with Gasteiger partial charge in [-0.3, -0.25) is 34.2 Å². The predicted octanol–water partition coefficient (Wildman–Crippen LogP) is 8.43. The number of primary amides is 1. The zero-order valence-electron chi connectivity index (χ0n) is 40.5. The maximum Gasteiger partial charge on any atom is 0.329 e. The number of halogens is 4. The van der Waals surface area contributed by atoms with Gasteiger partial charge >= 0.3 is 6.03 Å². The van der Waals surface area contributed by atoms with E-state index in [0.717, 1.165) is 62.8 Å². The molecule has 0 spiro atoms. The van der Waals surface area contributed by atoms with Crippen LogP contribution in [0, 0.1) is 29.3 Å². The van der Waals surface area contributed by atoms with Gasteiger partial charge in [-0.2, -0.15) is 5.10 Å². The van der Waals surface area contributed by atoms with Gasteiger partial charge in [-0.25, -0.2) is 18.0 Å². The lowest BCUT2D eigenvalue weighted by atomic mass is 9.77. The average molecular weight is 1010 g/mol. The van der Waals surface area contributed by atoms with Gasteiger partial charge in [-0.05, 0) is 86.3 Å². The fourth-order valence-corrected chi connectivity index (χ4v) is 12.1. The number of anilines is 1. The fourth-order valence-electron chi connectivity index (χ4n) is 11.9. The first-order chi connectivity index (χ1) is 34.7. The Kier molecular flexibility index (Phi) is 13.6. The number of imide groups is 1. The third-order valence-electron chi connectivity index (χ3n) is 15.8. The van der Waals surface area contributed by atoms with E-state index in [1.807, 2.05) is 42.2 Å². The molecule has 2 atom stereocenters. The van der Waals surface area contributed by atoms with Gasteiger partial charge < -0.3 is 25.4 Å². The number of nitrogens with one attached hydrogen (secondary N) is 2. The SMILES string of the molecule is COc1ccc(C(N)=O)c(-c2c(Cl)c(F)cc3c2C(C)C(CNC2CCC(C(=O)N4CCC(CN5CC=C(c6c(F)ccc7c(N8CCC(=O)NC8=O)nn(C)c67)CC5)CC4)CC2)(c2ccccc2)O3)c1F.